The maximum atomic E-state index is 13.5. The number of anilines is 1. The summed E-state index contributed by atoms with van der Waals surface area (Å²) in [6.45, 7) is 2.90. The van der Waals surface area contributed by atoms with Crippen molar-refractivity contribution in [3.63, 3.8) is 0 Å². The number of carbonyl (C=O) groups is 1. The van der Waals surface area contributed by atoms with Gasteiger partial charge in [-0.25, -0.2) is 4.39 Å². The molecule has 0 saturated carbocycles. The van der Waals surface area contributed by atoms with Gasteiger partial charge in [-0.15, -0.1) is 0 Å². The lowest BCUT2D eigenvalue weighted by Gasteiger charge is -2.10. The molecular weight excluding hydrogens is 305 g/mol. The normalized spacial score (nSPS) is 11.8. The van der Waals surface area contributed by atoms with Crippen LogP contribution in [0.2, 0.25) is 0 Å². The van der Waals surface area contributed by atoms with E-state index in [0.717, 1.165) is 29.8 Å². The molecule has 128 valence electrons. The molecule has 1 atom stereocenters. The maximum absolute atomic E-state index is 13.5. The van der Waals surface area contributed by atoms with Gasteiger partial charge in [-0.1, -0.05) is 30.3 Å². The SMILES string of the molecule is CC(N)C(=O)NCc1ccc(NCCCc2ccccc2F)cc1. The summed E-state index contributed by atoms with van der Waals surface area (Å²) in [4.78, 5) is 11.4. The number of hydrogen-bond donors (Lipinski definition) is 3. The third-order valence-electron chi connectivity index (χ3n) is 3.74. The molecule has 1 amide bonds. The second-order valence-electron chi connectivity index (χ2n) is 5.83. The molecule has 4 N–H and O–H groups in total. The van der Waals surface area contributed by atoms with Gasteiger partial charge in [0, 0.05) is 18.8 Å². The molecule has 0 bridgehead atoms. The van der Waals surface area contributed by atoms with Gasteiger partial charge in [-0.05, 0) is 49.1 Å². The fourth-order valence-electron chi connectivity index (χ4n) is 2.30. The Balaban J connectivity index is 1.72. The molecule has 0 aliphatic carbocycles. The van der Waals surface area contributed by atoms with Crippen molar-refractivity contribution in [3.8, 4) is 0 Å². The van der Waals surface area contributed by atoms with Crippen LogP contribution in [0.5, 0.6) is 0 Å². The zero-order valence-electron chi connectivity index (χ0n) is 13.9. The average molecular weight is 329 g/mol. The Morgan fingerprint density at radius 2 is 1.88 bits per heavy atom. The predicted molar refractivity (Wildman–Crippen MR) is 95.1 cm³/mol. The number of carbonyl (C=O) groups excluding carboxylic acids is 1. The van der Waals surface area contributed by atoms with Gasteiger partial charge in [0.25, 0.3) is 0 Å². The van der Waals surface area contributed by atoms with E-state index in [-0.39, 0.29) is 11.7 Å². The molecule has 0 aromatic heterocycles. The molecular formula is C19H24FN3O. The van der Waals surface area contributed by atoms with Crippen molar-refractivity contribution in [2.75, 3.05) is 11.9 Å². The van der Waals surface area contributed by atoms with Crippen LogP contribution in [-0.2, 0) is 17.8 Å². The molecule has 0 radical (unpaired) electrons. The molecule has 5 heteroatoms. The third-order valence-corrected chi connectivity index (χ3v) is 3.74. The van der Waals surface area contributed by atoms with Crippen molar-refractivity contribution in [3.05, 3.63) is 65.5 Å². The minimum atomic E-state index is -0.500. The molecule has 0 heterocycles. The van der Waals surface area contributed by atoms with Crippen LogP contribution in [0.1, 0.15) is 24.5 Å². The topological polar surface area (TPSA) is 67.2 Å². The summed E-state index contributed by atoms with van der Waals surface area (Å²) in [6.07, 6.45) is 1.56. The fourth-order valence-corrected chi connectivity index (χ4v) is 2.30. The predicted octanol–water partition coefficient (Wildman–Crippen LogP) is 2.83. The number of hydrogen-bond acceptors (Lipinski definition) is 3. The van der Waals surface area contributed by atoms with E-state index in [2.05, 4.69) is 10.6 Å². The van der Waals surface area contributed by atoms with Gasteiger partial charge in [0.2, 0.25) is 5.91 Å². The second kappa shape index (κ2) is 9.03. The molecule has 4 nitrogen and oxygen atoms in total. The highest BCUT2D eigenvalue weighted by atomic mass is 19.1. The first kappa shape index (κ1) is 17.9. The third kappa shape index (κ3) is 5.66. The molecule has 1 unspecified atom stereocenters. The number of nitrogens with one attached hydrogen (secondary N) is 2. The largest absolute Gasteiger partial charge is 0.385 e. The Hall–Kier alpha value is -2.40. The minimum Gasteiger partial charge on any atom is -0.385 e. The first-order valence-corrected chi connectivity index (χ1v) is 8.16. The summed E-state index contributed by atoms with van der Waals surface area (Å²) in [5, 5.41) is 6.09. The number of halogens is 1. The summed E-state index contributed by atoms with van der Waals surface area (Å²) in [6, 6.07) is 14.2. The Labute approximate surface area is 142 Å². The Kier molecular flexibility index (Phi) is 6.75. The van der Waals surface area contributed by atoms with Gasteiger partial charge in [0.15, 0.2) is 0 Å². The van der Waals surface area contributed by atoms with Gasteiger partial charge in [0.1, 0.15) is 5.82 Å². The van der Waals surface area contributed by atoms with Crippen LogP contribution in [-0.4, -0.2) is 18.5 Å². The smallest absolute Gasteiger partial charge is 0.236 e. The monoisotopic (exact) mass is 329 g/mol. The molecule has 0 saturated heterocycles. The van der Waals surface area contributed by atoms with E-state index < -0.39 is 6.04 Å². The van der Waals surface area contributed by atoms with Crippen molar-refractivity contribution in [2.45, 2.75) is 32.4 Å². The van der Waals surface area contributed by atoms with Crippen molar-refractivity contribution in [2.24, 2.45) is 5.73 Å². The van der Waals surface area contributed by atoms with E-state index in [1.54, 1.807) is 13.0 Å². The molecule has 0 aliphatic heterocycles. The van der Waals surface area contributed by atoms with E-state index >= 15 is 0 Å². The van der Waals surface area contributed by atoms with Gasteiger partial charge in [-0.2, -0.15) is 0 Å². The maximum Gasteiger partial charge on any atom is 0.236 e. The van der Waals surface area contributed by atoms with Crippen molar-refractivity contribution >= 4 is 11.6 Å². The van der Waals surface area contributed by atoms with E-state index in [1.807, 2.05) is 36.4 Å². The van der Waals surface area contributed by atoms with E-state index in [9.17, 15) is 9.18 Å². The van der Waals surface area contributed by atoms with Crippen LogP contribution in [0.4, 0.5) is 10.1 Å². The lowest BCUT2D eigenvalue weighted by Crippen LogP contribution is -2.37. The Morgan fingerprint density at radius 1 is 1.17 bits per heavy atom. The highest BCUT2D eigenvalue weighted by molar-refractivity contribution is 5.80. The number of benzene rings is 2. The van der Waals surface area contributed by atoms with Gasteiger partial charge in [0.05, 0.1) is 6.04 Å². The molecule has 0 fully saturated rings. The molecule has 24 heavy (non-hydrogen) atoms. The highest BCUT2D eigenvalue weighted by Gasteiger charge is 2.06. The van der Waals surface area contributed by atoms with Gasteiger partial charge in [-0.3, -0.25) is 4.79 Å². The highest BCUT2D eigenvalue weighted by Crippen LogP contribution is 2.11. The van der Waals surface area contributed by atoms with Crippen molar-refractivity contribution in [1.29, 1.82) is 0 Å². The summed E-state index contributed by atoms with van der Waals surface area (Å²) < 4.78 is 13.5. The van der Waals surface area contributed by atoms with E-state index in [4.69, 9.17) is 5.73 Å². The second-order valence-corrected chi connectivity index (χ2v) is 5.83. The van der Waals surface area contributed by atoms with Crippen molar-refractivity contribution in [1.82, 2.24) is 5.32 Å². The standard InChI is InChI=1S/C19H24FN3O/c1-14(21)19(24)23-13-15-8-10-17(11-9-15)22-12-4-6-16-5-2-3-7-18(16)20/h2-3,5,7-11,14,22H,4,6,12-13,21H2,1H3,(H,23,24). The lowest BCUT2D eigenvalue weighted by molar-refractivity contribution is -0.122. The molecule has 0 aliphatic rings. The van der Waals surface area contributed by atoms with Crippen LogP contribution in [0.15, 0.2) is 48.5 Å². The molecule has 2 aromatic rings. The zero-order chi connectivity index (χ0) is 17.4. The zero-order valence-corrected chi connectivity index (χ0v) is 13.9. The summed E-state index contributed by atoms with van der Waals surface area (Å²) in [5.74, 6) is -0.305. The Morgan fingerprint density at radius 3 is 2.54 bits per heavy atom. The summed E-state index contributed by atoms with van der Waals surface area (Å²) >= 11 is 0. The lowest BCUT2D eigenvalue weighted by atomic mass is 10.1. The van der Waals surface area contributed by atoms with E-state index in [0.29, 0.717) is 13.0 Å². The van der Waals surface area contributed by atoms with Crippen LogP contribution < -0.4 is 16.4 Å². The first-order valence-electron chi connectivity index (χ1n) is 8.16. The summed E-state index contributed by atoms with van der Waals surface area (Å²) in [5.41, 5.74) is 8.27. The van der Waals surface area contributed by atoms with E-state index in [1.165, 1.54) is 6.07 Å². The number of rotatable bonds is 8. The molecule has 0 spiro atoms. The average Bonchev–Trinajstić information content (AvgIpc) is 2.59. The minimum absolute atomic E-state index is 0.143. The fraction of sp³-hybridized carbons (Fsp3) is 0.316. The van der Waals surface area contributed by atoms with Gasteiger partial charge < -0.3 is 16.4 Å². The Bertz CT molecular complexity index is 656. The molecule has 2 aromatic carbocycles. The van der Waals surface area contributed by atoms with Crippen LogP contribution in [0.3, 0.4) is 0 Å². The van der Waals surface area contributed by atoms with Crippen molar-refractivity contribution < 1.29 is 9.18 Å². The first-order chi connectivity index (χ1) is 11.6. The number of amides is 1. The van der Waals surface area contributed by atoms with Crippen LogP contribution in [0.25, 0.3) is 0 Å². The van der Waals surface area contributed by atoms with Crippen LogP contribution in [0, 0.1) is 5.82 Å². The quantitative estimate of drug-likeness (QED) is 0.652. The number of aryl methyl sites for hydroxylation is 1. The van der Waals surface area contributed by atoms with Gasteiger partial charge >= 0.3 is 0 Å². The summed E-state index contributed by atoms with van der Waals surface area (Å²) in [7, 11) is 0. The van der Waals surface area contributed by atoms with Crippen LogP contribution >= 0.6 is 0 Å². The number of nitrogens with two attached hydrogens (primary N) is 1. The molecule has 2 rings (SSSR count).